The summed E-state index contributed by atoms with van der Waals surface area (Å²) < 4.78 is 48.9. The number of rotatable bonds is 3. The fourth-order valence-corrected chi connectivity index (χ4v) is 1.89. The van der Waals surface area contributed by atoms with E-state index in [0.717, 1.165) is 0 Å². The molecule has 0 saturated carbocycles. The summed E-state index contributed by atoms with van der Waals surface area (Å²) in [5.74, 6) is -1.07. The monoisotopic (exact) mass is 247 g/mol. The Morgan fingerprint density at radius 3 is 2.71 bits per heavy atom. The second kappa shape index (κ2) is 4.44. The Hall–Kier alpha value is -1.43. The van der Waals surface area contributed by atoms with E-state index in [0.29, 0.717) is 5.75 Å². The highest BCUT2D eigenvalue weighted by Crippen LogP contribution is 2.45. The van der Waals surface area contributed by atoms with Crippen molar-refractivity contribution in [2.24, 2.45) is 5.73 Å². The van der Waals surface area contributed by atoms with Gasteiger partial charge in [-0.1, -0.05) is 12.1 Å². The molecule has 1 heterocycles. The molecular weight excluding hydrogens is 235 g/mol. The summed E-state index contributed by atoms with van der Waals surface area (Å²) in [6.45, 7) is -0.0751. The van der Waals surface area contributed by atoms with Crippen molar-refractivity contribution in [1.82, 2.24) is 0 Å². The molecule has 1 aliphatic rings. The van der Waals surface area contributed by atoms with Crippen LogP contribution in [0.3, 0.4) is 0 Å². The van der Waals surface area contributed by atoms with Gasteiger partial charge in [-0.05, 0) is 19.0 Å². The molecule has 0 radical (unpaired) electrons. The lowest BCUT2D eigenvalue weighted by Gasteiger charge is -2.21. The minimum atomic E-state index is -4.33. The number of alkyl halides is 3. The standard InChI is InChI=1S/C11H12F3NO2/c12-11(13,14)8(4-5-15)7-2-1-3-9-10(7)17-6-16-9/h1-3,8H,4-6,15H2. The predicted octanol–water partition coefficient (Wildman–Crippen LogP) is 2.41. The van der Waals surface area contributed by atoms with Gasteiger partial charge in [-0.25, -0.2) is 0 Å². The van der Waals surface area contributed by atoms with Crippen LogP contribution in [0, 0.1) is 0 Å². The third-order valence-electron chi connectivity index (χ3n) is 2.65. The lowest BCUT2D eigenvalue weighted by molar-refractivity contribution is -0.151. The van der Waals surface area contributed by atoms with Crippen LogP contribution in [0.2, 0.25) is 0 Å². The molecule has 0 aliphatic carbocycles. The van der Waals surface area contributed by atoms with Crippen LogP contribution < -0.4 is 15.2 Å². The molecule has 3 nitrogen and oxygen atoms in total. The molecule has 0 aromatic heterocycles. The molecule has 2 rings (SSSR count). The van der Waals surface area contributed by atoms with E-state index in [1.165, 1.54) is 12.1 Å². The Morgan fingerprint density at radius 1 is 1.29 bits per heavy atom. The predicted molar refractivity (Wildman–Crippen MR) is 55.0 cm³/mol. The van der Waals surface area contributed by atoms with Gasteiger partial charge in [-0.2, -0.15) is 13.2 Å². The largest absolute Gasteiger partial charge is 0.454 e. The average Bonchev–Trinajstić information content (AvgIpc) is 2.72. The molecule has 0 fully saturated rings. The van der Waals surface area contributed by atoms with Crippen molar-refractivity contribution < 1.29 is 22.6 Å². The van der Waals surface area contributed by atoms with E-state index < -0.39 is 12.1 Å². The fraction of sp³-hybridized carbons (Fsp3) is 0.455. The molecule has 0 bridgehead atoms. The zero-order chi connectivity index (χ0) is 12.5. The van der Waals surface area contributed by atoms with E-state index in [4.69, 9.17) is 15.2 Å². The minimum Gasteiger partial charge on any atom is -0.454 e. The Morgan fingerprint density at radius 2 is 2.06 bits per heavy atom. The molecule has 0 saturated heterocycles. The molecule has 1 aromatic rings. The maximum atomic E-state index is 12.9. The van der Waals surface area contributed by atoms with E-state index in [-0.39, 0.29) is 31.1 Å². The maximum Gasteiger partial charge on any atom is 0.395 e. The molecule has 1 unspecified atom stereocenters. The van der Waals surface area contributed by atoms with E-state index in [1.54, 1.807) is 6.07 Å². The van der Waals surface area contributed by atoms with Crippen molar-refractivity contribution in [1.29, 1.82) is 0 Å². The first-order valence-corrected chi connectivity index (χ1v) is 5.19. The molecule has 0 spiro atoms. The van der Waals surface area contributed by atoms with Gasteiger partial charge in [-0.3, -0.25) is 0 Å². The molecule has 2 N–H and O–H groups in total. The lowest BCUT2D eigenvalue weighted by atomic mass is 9.94. The van der Waals surface area contributed by atoms with Gasteiger partial charge in [0.1, 0.15) is 0 Å². The molecule has 1 atom stereocenters. The zero-order valence-corrected chi connectivity index (χ0v) is 8.96. The first kappa shape index (κ1) is 12.0. The van der Waals surface area contributed by atoms with Gasteiger partial charge >= 0.3 is 6.18 Å². The van der Waals surface area contributed by atoms with Gasteiger partial charge < -0.3 is 15.2 Å². The first-order chi connectivity index (χ1) is 8.04. The van der Waals surface area contributed by atoms with Gasteiger partial charge in [0.2, 0.25) is 6.79 Å². The number of nitrogens with two attached hydrogens (primary N) is 1. The summed E-state index contributed by atoms with van der Waals surface area (Å²) >= 11 is 0. The van der Waals surface area contributed by atoms with E-state index in [2.05, 4.69) is 0 Å². The van der Waals surface area contributed by atoms with Crippen molar-refractivity contribution in [3.05, 3.63) is 23.8 Å². The first-order valence-electron chi connectivity index (χ1n) is 5.19. The van der Waals surface area contributed by atoms with Crippen LogP contribution in [0.5, 0.6) is 11.5 Å². The normalized spacial score (nSPS) is 16.0. The SMILES string of the molecule is NCCC(c1cccc2c1OCO2)C(F)(F)F. The highest BCUT2D eigenvalue weighted by molar-refractivity contribution is 5.50. The Labute approximate surface area is 96.3 Å². The van der Waals surface area contributed by atoms with Crippen LogP contribution in [0.25, 0.3) is 0 Å². The van der Waals surface area contributed by atoms with Crippen molar-refractivity contribution >= 4 is 0 Å². The summed E-state index contributed by atoms with van der Waals surface area (Å²) in [5.41, 5.74) is 5.33. The van der Waals surface area contributed by atoms with Crippen LogP contribution in [-0.4, -0.2) is 19.5 Å². The third kappa shape index (κ3) is 2.31. The van der Waals surface area contributed by atoms with Crippen molar-refractivity contribution in [3.8, 4) is 11.5 Å². The number of ether oxygens (including phenoxy) is 2. The van der Waals surface area contributed by atoms with Gasteiger partial charge in [0.25, 0.3) is 0 Å². The van der Waals surface area contributed by atoms with Crippen molar-refractivity contribution in [2.75, 3.05) is 13.3 Å². The summed E-state index contributed by atoms with van der Waals surface area (Å²) in [6.07, 6.45) is -4.50. The van der Waals surface area contributed by atoms with Crippen molar-refractivity contribution in [3.63, 3.8) is 0 Å². The topological polar surface area (TPSA) is 44.5 Å². The number of hydrogen-bond donors (Lipinski definition) is 1. The number of para-hydroxylation sites is 1. The van der Waals surface area contributed by atoms with Crippen LogP contribution >= 0.6 is 0 Å². The lowest BCUT2D eigenvalue weighted by Crippen LogP contribution is -2.23. The number of fused-ring (bicyclic) bond motifs is 1. The zero-order valence-electron chi connectivity index (χ0n) is 8.96. The van der Waals surface area contributed by atoms with Gasteiger partial charge in [0.05, 0.1) is 5.92 Å². The quantitative estimate of drug-likeness (QED) is 0.892. The second-order valence-corrected chi connectivity index (χ2v) is 3.75. The molecule has 6 heteroatoms. The third-order valence-corrected chi connectivity index (χ3v) is 2.65. The number of hydrogen-bond acceptors (Lipinski definition) is 3. The number of halogens is 3. The van der Waals surface area contributed by atoms with E-state index in [1.807, 2.05) is 0 Å². The van der Waals surface area contributed by atoms with Crippen LogP contribution in [-0.2, 0) is 0 Å². The van der Waals surface area contributed by atoms with Gasteiger partial charge in [0.15, 0.2) is 11.5 Å². The fourth-order valence-electron chi connectivity index (χ4n) is 1.89. The Kier molecular flexibility index (Phi) is 3.15. The molecule has 94 valence electrons. The molecule has 17 heavy (non-hydrogen) atoms. The van der Waals surface area contributed by atoms with Gasteiger partial charge in [-0.15, -0.1) is 0 Å². The summed E-state index contributed by atoms with van der Waals surface area (Å²) in [5, 5.41) is 0. The minimum absolute atomic E-state index is 0.0330. The van der Waals surface area contributed by atoms with E-state index in [9.17, 15) is 13.2 Å². The highest BCUT2D eigenvalue weighted by Gasteiger charge is 2.42. The Bertz CT molecular complexity index is 406. The second-order valence-electron chi connectivity index (χ2n) is 3.75. The molecule has 1 aliphatic heterocycles. The Balaban J connectivity index is 2.40. The van der Waals surface area contributed by atoms with E-state index >= 15 is 0 Å². The molecular formula is C11H12F3NO2. The molecule has 0 amide bonds. The highest BCUT2D eigenvalue weighted by atomic mass is 19.4. The summed E-state index contributed by atoms with van der Waals surface area (Å²) in [7, 11) is 0. The average molecular weight is 247 g/mol. The maximum absolute atomic E-state index is 12.9. The summed E-state index contributed by atoms with van der Waals surface area (Å²) in [6, 6.07) is 4.52. The smallest absolute Gasteiger partial charge is 0.395 e. The van der Waals surface area contributed by atoms with Gasteiger partial charge in [0, 0.05) is 5.56 Å². The number of benzene rings is 1. The molecule has 1 aromatic carbocycles. The van der Waals surface area contributed by atoms with Crippen LogP contribution in [0.15, 0.2) is 18.2 Å². The van der Waals surface area contributed by atoms with Crippen molar-refractivity contribution in [2.45, 2.75) is 18.5 Å². The van der Waals surface area contributed by atoms with Crippen LogP contribution in [0.4, 0.5) is 13.2 Å². The van der Waals surface area contributed by atoms with Crippen LogP contribution in [0.1, 0.15) is 17.9 Å². The summed E-state index contributed by atoms with van der Waals surface area (Å²) in [4.78, 5) is 0.